The number of hydrogen-bond acceptors (Lipinski definition) is 6. The van der Waals surface area contributed by atoms with E-state index in [1.54, 1.807) is 37.3 Å². The van der Waals surface area contributed by atoms with Crippen LogP contribution in [0.2, 0.25) is 0 Å². The Morgan fingerprint density at radius 3 is 2.22 bits per heavy atom. The average molecular weight is 586 g/mol. The summed E-state index contributed by atoms with van der Waals surface area (Å²) in [6, 6.07) is 17.0. The van der Waals surface area contributed by atoms with Crippen LogP contribution in [0.4, 0.5) is 10.1 Å². The van der Waals surface area contributed by atoms with E-state index in [2.05, 4.69) is 5.32 Å². The molecule has 0 bridgehead atoms. The van der Waals surface area contributed by atoms with Crippen molar-refractivity contribution in [2.24, 2.45) is 0 Å². The molecule has 3 rings (SSSR count). The van der Waals surface area contributed by atoms with Crippen molar-refractivity contribution in [3.05, 3.63) is 84.2 Å². The molecule has 0 unspecified atom stereocenters. The molecule has 3 aromatic carbocycles. The summed E-state index contributed by atoms with van der Waals surface area (Å²) in [7, 11) is -1.45. The number of benzene rings is 3. The highest BCUT2D eigenvalue weighted by Gasteiger charge is 2.35. The van der Waals surface area contributed by atoms with Gasteiger partial charge in [-0.3, -0.25) is 13.9 Å². The first-order chi connectivity index (χ1) is 19.7. The van der Waals surface area contributed by atoms with E-state index >= 15 is 0 Å². The topological polar surface area (TPSA) is 105 Å². The number of hydrogen-bond donors (Lipinski definition) is 1. The van der Waals surface area contributed by atoms with Crippen LogP contribution in [-0.4, -0.2) is 58.5 Å². The highest BCUT2D eigenvalue weighted by atomic mass is 32.2. The molecule has 0 saturated heterocycles. The van der Waals surface area contributed by atoms with E-state index in [9.17, 15) is 22.4 Å². The number of sulfonamides is 1. The van der Waals surface area contributed by atoms with Gasteiger partial charge in [0.05, 0.1) is 24.8 Å². The first kappa shape index (κ1) is 31.4. The number of rotatable bonds is 14. The van der Waals surface area contributed by atoms with E-state index in [1.807, 2.05) is 6.92 Å². The second-order valence-electron chi connectivity index (χ2n) is 9.23. The largest absolute Gasteiger partial charge is 0.497 e. The van der Waals surface area contributed by atoms with E-state index in [0.29, 0.717) is 24.3 Å². The summed E-state index contributed by atoms with van der Waals surface area (Å²) in [6.07, 6.45) is 0.975. The number of nitrogens with one attached hydrogen (secondary N) is 1. The molecule has 220 valence electrons. The maximum atomic E-state index is 14.1. The molecule has 0 heterocycles. The van der Waals surface area contributed by atoms with Crippen molar-refractivity contribution >= 4 is 27.5 Å². The Hall–Kier alpha value is -4.12. The number of nitrogens with zero attached hydrogens (tertiary/aromatic N) is 2. The summed E-state index contributed by atoms with van der Waals surface area (Å²) >= 11 is 0. The van der Waals surface area contributed by atoms with Gasteiger partial charge < -0.3 is 19.7 Å². The maximum Gasteiger partial charge on any atom is 0.264 e. The Morgan fingerprint density at radius 2 is 1.63 bits per heavy atom. The third kappa shape index (κ3) is 7.75. The van der Waals surface area contributed by atoms with Crippen LogP contribution < -0.4 is 19.1 Å². The molecular weight excluding hydrogens is 549 g/mol. The molecule has 0 saturated carbocycles. The van der Waals surface area contributed by atoms with Gasteiger partial charge in [0.25, 0.3) is 10.0 Å². The zero-order chi connectivity index (χ0) is 30.0. The van der Waals surface area contributed by atoms with Crippen LogP contribution >= 0.6 is 0 Å². The summed E-state index contributed by atoms with van der Waals surface area (Å²) in [5.74, 6) is -0.867. The predicted octanol–water partition coefficient (Wildman–Crippen LogP) is 4.37. The van der Waals surface area contributed by atoms with Crippen molar-refractivity contribution in [3.63, 3.8) is 0 Å². The maximum absolute atomic E-state index is 14.1. The van der Waals surface area contributed by atoms with Crippen molar-refractivity contribution in [3.8, 4) is 11.5 Å². The van der Waals surface area contributed by atoms with Gasteiger partial charge in [-0.25, -0.2) is 12.8 Å². The molecule has 11 heteroatoms. The van der Waals surface area contributed by atoms with Crippen LogP contribution in [0.5, 0.6) is 11.5 Å². The molecule has 0 aliphatic rings. The van der Waals surface area contributed by atoms with Crippen LogP contribution in [0.1, 0.15) is 32.3 Å². The number of halogens is 1. The zero-order valence-corrected chi connectivity index (χ0v) is 24.5. The predicted molar refractivity (Wildman–Crippen MR) is 155 cm³/mol. The highest BCUT2D eigenvalue weighted by Crippen LogP contribution is 2.36. The summed E-state index contributed by atoms with van der Waals surface area (Å²) in [5, 5.41) is 2.83. The zero-order valence-electron chi connectivity index (χ0n) is 23.7. The molecule has 9 nitrogen and oxygen atoms in total. The Bertz CT molecular complexity index is 1420. The van der Waals surface area contributed by atoms with Crippen molar-refractivity contribution in [2.75, 3.05) is 31.6 Å². The smallest absolute Gasteiger partial charge is 0.264 e. The normalized spacial score (nSPS) is 11.8. The second-order valence-corrected chi connectivity index (χ2v) is 11.1. The van der Waals surface area contributed by atoms with Crippen LogP contribution in [0.3, 0.4) is 0 Å². The minimum Gasteiger partial charge on any atom is -0.497 e. The second kappa shape index (κ2) is 14.5. The standard InChI is InChI=1S/C30H36FN3O6S/c1-5-18-32-30(36)26(6-2)33(20-22-12-14-23(31)15-13-22)29(35)21-34(41(37,38)25-10-8-7-9-11-25)27-19-24(39-3)16-17-28(27)40-4/h7-17,19,26H,5-6,18,20-21H2,1-4H3,(H,32,36)/t26-/m1/s1. The van der Waals surface area contributed by atoms with Gasteiger partial charge >= 0.3 is 0 Å². The lowest BCUT2D eigenvalue weighted by molar-refractivity contribution is -0.140. The molecular formula is C30H36FN3O6S. The monoisotopic (exact) mass is 585 g/mol. The number of carbonyl (C=O) groups excluding carboxylic acids is 2. The van der Waals surface area contributed by atoms with Crippen molar-refractivity contribution in [1.29, 1.82) is 0 Å². The Morgan fingerprint density at radius 1 is 0.951 bits per heavy atom. The minimum absolute atomic E-state index is 0.0320. The number of anilines is 1. The molecule has 1 N–H and O–H groups in total. The molecule has 1 atom stereocenters. The molecule has 0 aliphatic heterocycles. The Balaban J connectivity index is 2.12. The highest BCUT2D eigenvalue weighted by molar-refractivity contribution is 7.92. The average Bonchev–Trinajstić information content (AvgIpc) is 2.99. The third-order valence-corrected chi connectivity index (χ3v) is 8.24. The van der Waals surface area contributed by atoms with Gasteiger partial charge in [0.1, 0.15) is 29.9 Å². The van der Waals surface area contributed by atoms with Crippen LogP contribution in [-0.2, 0) is 26.2 Å². The number of amides is 2. The Kier molecular flexibility index (Phi) is 11.1. The molecule has 0 spiro atoms. The minimum atomic E-state index is -4.29. The van der Waals surface area contributed by atoms with Gasteiger partial charge in [0, 0.05) is 19.2 Å². The summed E-state index contributed by atoms with van der Waals surface area (Å²) in [5.41, 5.74) is 0.673. The van der Waals surface area contributed by atoms with Crippen LogP contribution in [0.15, 0.2) is 77.7 Å². The van der Waals surface area contributed by atoms with Gasteiger partial charge in [-0.05, 0) is 54.8 Å². The lowest BCUT2D eigenvalue weighted by Gasteiger charge is -2.33. The molecule has 2 amide bonds. The molecule has 0 radical (unpaired) electrons. The van der Waals surface area contributed by atoms with Crippen molar-refractivity contribution in [2.45, 2.75) is 44.2 Å². The lowest BCUT2D eigenvalue weighted by Crippen LogP contribution is -2.52. The van der Waals surface area contributed by atoms with Gasteiger partial charge in [0.15, 0.2) is 0 Å². The van der Waals surface area contributed by atoms with Crippen LogP contribution in [0.25, 0.3) is 0 Å². The van der Waals surface area contributed by atoms with E-state index < -0.39 is 34.3 Å². The molecule has 0 aliphatic carbocycles. The Labute approximate surface area is 240 Å². The van der Waals surface area contributed by atoms with Crippen LogP contribution in [0, 0.1) is 5.82 Å². The van der Waals surface area contributed by atoms with E-state index in [4.69, 9.17) is 9.47 Å². The van der Waals surface area contributed by atoms with Gasteiger partial charge in [0.2, 0.25) is 11.8 Å². The molecule has 0 fully saturated rings. The SMILES string of the molecule is CCCNC(=O)[C@@H](CC)N(Cc1ccc(F)cc1)C(=O)CN(c1cc(OC)ccc1OC)S(=O)(=O)c1ccccc1. The van der Waals surface area contributed by atoms with Crippen molar-refractivity contribution in [1.82, 2.24) is 10.2 Å². The summed E-state index contributed by atoms with van der Waals surface area (Å²) in [6.45, 7) is 3.43. The third-order valence-electron chi connectivity index (χ3n) is 6.47. The molecule has 41 heavy (non-hydrogen) atoms. The summed E-state index contributed by atoms with van der Waals surface area (Å²) < 4.78 is 53.4. The molecule has 0 aromatic heterocycles. The number of methoxy groups -OCH3 is 2. The first-order valence-electron chi connectivity index (χ1n) is 13.3. The lowest BCUT2D eigenvalue weighted by atomic mass is 10.1. The van der Waals surface area contributed by atoms with Crippen molar-refractivity contribution < 1.29 is 31.9 Å². The quantitative estimate of drug-likeness (QED) is 0.301. The van der Waals surface area contributed by atoms with E-state index in [-0.39, 0.29) is 35.2 Å². The fourth-order valence-electron chi connectivity index (χ4n) is 4.30. The fourth-order valence-corrected chi connectivity index (χ4v) is 5.73. The van der Waals surface area contributed by atoms with Gasteiger partial charge in [-0.2, -0.15) is 0 Å². The summed E-state index contributed by atoms with van der Waals surface area (Å²) in [4.78, 5) is 28.6. The fraction of sp³-hybridized carbons (Fsp3) is 0.333. The van der Waals surface area contributed by atoms with E-state index in [1.165, 1.54) is 61.6 Å². The van der Waals surface area contributed by atoms with Gasteiger partial charge in [-0.1, -0.05) is 44.2 Å². The van der Waals surface area contributed by atoms with E-state index in [0.717, 1.165) is 4.31 Å². The molecule has 3 aromatic rings. The number of carbonyl (C=O) groups is 2. The van der Waals surface area contributed by atoms with Gasteiger partial charge in [-0.15, -0.1) is 0 Å². The number of ether oxygens (including phenoxy) is 2. The first-order valence-corrected chi connectivity index (χ1v) is 14.7.